The Kier molecular flexibility index (Phi) is 5.48. The van der Waals surface area contributed by atoms with Crippen LogP contribution in [0.3, 0.4) is 0 Å². The molecule has 1 N–H and O–H groups in total. The van der Waals surface area contributed by atoms with Crippen molar-refractivity contribution >= 4 is 0 Å². The molecule has 0 aliphatic carbocycles. The topological polar surface area (TPSA) is 39.1 Å². The van der Waals surface area contributed by atoms with Crippen molar-refractivity contribution in [3.8, 4) is 5.75 Å². The molecule has 0 unspecified atom stereocenters. The molecule has 0 saturated heterocycles. The third kappa shape index (κ3) is 4.38. The van der Waals surface area contributed by atoms with E-state index in [1.807, 2.05) is 25.6 Å². The van der Waals surface area contributed by atoms with Crippen LogP contribution in [0.1, 0.15) is 38.1 Å². The van der Waals surface area contributed by atoms with Crippen molar-refractivity contribution in [3.63, 3.8) is 0 Å². The monoisotopic (exact) mass is 239 g/mol. The number of hydrogen-bond acceptors (Lipinski definition) is 3. The van der Waals surface area contributed by atoms with E-state index in [1.165, 1.54) is 0 Å². The SMILES string of the molecule is Cc1nn(C)c(C)c1OCCCCNC(C)C. The molecule has 1 aromatic heterocycles. The van der Waals surface area contributed by atoms with Crippen molar-refractivity contribution in [3.05, 3.63) is 11.4 Å². The second-order valence-electron chi connectivity index (χ2n) is 4.79. The molecule has 17 heavy (non-hydrogen) atoms. The molecule has 1 aromatic rings. The van der Waals surface area contributed by atoms with Gasteiger partial charge in [0.15, 0.2) is 5.75 Å². The first-order valence-corrected chi connectivity index (χ1v) is 6.38. The Morgan fingerprint density at radius 2 is 2.00 bits per heavy atom. The van der Waals surface area contributed by atoms with E-state index < -0.39 is 0 Å². The van der Waals surface area contributed by atoms with Crippen LogP contribution in [0.15, 0.2) is 0 Å². The molecule has 4 nitrogen and oxygen atoms in total. The standard InChI is InChI=1S/C13H25N3O/c1-10(2)14-8-6-7-9-17-13-11(3)15-16(5)12(13)4/h10,14H,6-9H2,1-5H3. The van der Waals surface area contributed by atoms with Crippen molar-refractivity contribution in [2.24, 2.45) is 7.05 Å². The Morgan fingerprint density at radius 1 is 1.29 bits per heavy atom. The molecule has 0 aliphatic heterocycles. The highest BCUT2D eigenvalue weighted by Gasteiger charge is 2.09. The Morgan fingerprint density at radius 3 is 2.53 bits per heavy atom. The maximum atomic E-state index is 5.78. The molecule has 4 heteroatoms. The first kappa shape index (κ1) is 14.0. The van der Waals surface area contributed by atoms with E-state index in [-0.39, 0.29) is 0 Å². The van der Waals surface area contributed by atoms with Crippen LogP contribution in [0.25, 0.3) is 0 Å². The lowest BCUT2D eigenvalue weighted by Gasteiger charge is -2.09. The smallest absolute Gasteiger partial charge is 0.162 e. The fourth-order valence-corrected chi connectivity index (χ4v) is 1.76. The fraction of sp³-hybridized carbons (Fsp3) is 0.769. The second kappa shape index (κ2) is 6.64. The lowest BCUT2D eigenvalue weighted by molar-refractivity contribution is 0.301. The van der Waals surface area contributed by atoms with E-state index in [0.717, 1.165) is 43.1 Å². The maximum absolute atomic E-state index is 5.78. The van der Waals surface area contributed by atoms with E-state index in [0.29, 0.717) is 6.04 Å². The number of aromatic nitrogens is 2. The molecule has 1 rings (SSSR count). The van der Waals surface area contributed by atoms with E-state index in [4.69, 9.17) is 4.74 Å². The van der Waals surface area contributed by atoms with Gasteiger partial charge in [-0.2, -0.15) is 5.10 Å². The van der Waals surface area contributed by atoms with E-state index in [9.17, 15) is 0 Å². The summed E-state index contributed by atoms with van der Waals surface area (Å²) in [5, 5.41) is 7.73. The molecule has 0 amide bonds. The highest BCUT2D eigenvalue weighted by molar-refractivity contribution is 5.31. The third-order valence-electron chi connectivity index (χ3n) is 2.81. The van der Waals surface area contributed by atoms with Crippen molar-refractivity contribution in [1.29, 1.82) is 0 Å². The zero-order valence-electron chi connectivity index (χ0n) is 11.7. The van der Waals surface area contributed by atoms with Crippen molar-refractivity contribution in [1.82, 2.24) is 15.1 Å². The summed E-state index contributed by atoms with van der Waals surface area (Å²) >= 11 is 0. The van der Waals surface area contributed by atoms with Crippen LogP contribution in [-0.4, -0.2) is 29.0 Å². The Balaban J connectivity index is 2.22. The van der Waals surface area contributed by atoms with Gasteiger partial charge in [-0.3, -0.25) is 4.68 Å². The molecule has 0 aliphatic rings. The molecule has 1 heterocycles. The molecule has 98 valence electrons. The predicted molar refractivity (Wildman–Crippen MR) is 70.5 cm³/mol. The molecule has 0 atom stereocenters. The minimum atomic E-state index is 0.568. The van der Waals surface area contributed by atoms with Crippen molar-refractivity contribution < 1.29 is 4.74 Å². The van der Waals surface area contributed by atoms with Crippen molar-refractivity contribution in [2.45, 2.75) is 46.6 Å². The average molecular weight is 239 g/mol. The number of nitrogens with one attached hydrogen (secondary N) is 1. The molecule has 0 fully saturated rings. The summed E-state index contributed by atoms with van der Waals surface area (Å²) in [4.78, 5) is 0. The summed E-state index contributed by atoms with van der Waals surface area (Å²) in [7, 11) is 1.95. The maximum Gasteiger partial charge on any atom is 0.162 e. The molecule has 0 spiro atoms. The first-order chi connectivity index (χ1) is 8.02. The normalized spacial score (nSPS) is 11.2. The summed E-state index contributed by atoms with van der Waals surface area (Å²) in [5.74, 6) is 0.948. The number of nitrogens with zero attached hydrogens (tertiary/aromatic N) is 2. The largest absolute Gasteiger partial charge is 0.490 e. The van der Waals surface area contributed by atoms with Gasteiger partial charge < -0.3 is 10.1 Å². The minimum absolute atomic E-state index is 0.568. The van der Waals surface area contributed by atoms with Crippen LogP contribution >= 0.6 is 0 Å². The molecule has 0 aromatic carbocycles. The lowest BCUT2D eigenvalue weighted by atomic mass is 10.3. The van der Waals surface area contributed by atoms with Gasteiger partial charge in [0.25, 0.3) is 0 Å². The van der Waals surface area contributed by atoms with Gasteiger partial charge in [0.05, 0.1) is 12.3 Å². The van der Waals surface area contributed by atoms with Crippen LogP contribution in [-0.2, 0) is 7.05 Å². The van der Waals surface area contributed by atoms with Crippen LogP contribution in [0, 0.1) is 13.8 Å². The highest BCUT2D eigenvalue weighted by atomic mass is 16.5. The van der Waals surface area contributed by atoms with E-state index in [1.54, 1.807) is 0 Å². The number of hydrogen-bond donors (Lipinski definition) is 1. The lowest BCUT2D eigenvalue weighted by Crippen LogP contribution is -2.23. The summed E-state index contributed by atoms with van der Waals surface area (Å²) in [6.07, 6.45) is 2.23. The quantitative estimate of drug-likeness (QED) is 0.741. The summed E-state index contributed by atoms with van der Waals surface area (Å²) in [6.45, 7) is 10.2. The molecule has 0 radical (unpaired) electrons. The average Bonchev–Trinajstić information content (AvgIpc) is 2.48. The first-order valence-electron chi connectivity index (χ1n) is 6.38. The predicted octanol–water partition coefficient (Wildman–Crippen LogP) is 2.19. The van der Waals surface area contributed by atoms with Gasteiger partial charge in [0, 0.05) is 13.1 Å². The van der Waals surface area contributed by atoms with Crippen molar-refractivity contribution in [2.75, 3.05) is 13.2 Å². The third-order valence-corrected chi connectivity index (χ3v) is 2.81. The number of ether oxygens (including phenoxy) is 1. The zero-order valence-corrected chi connectivity index (χ0v) is 11.7. The molecular weight excluding hydrogens is 214 g/mol. The van der Waals surface area contributed by atoms with Gasteiger partial charge in [-0.1, -0.05) is 13.8 Å². The van der Waals surface area contributed by atoms with E-state index in [2.05, 4.69) is 24.3 Å². The fourth-order valence-electron chi connectivity index (χ4n) is 1.76. The Labute approximate surface area is 104 Å². The zero-order chi connectivity index (χ0) is 12.8. The van der Waals surface area contributed by atoms with Crippen LogP contribution in [0.5, 0.6) is 5.75 Å². The number of unbranched alkanes of at least 4 members (excludes halogenated alkanes) is 1. The van der Waals surface area contributed by atoms with Gasteiger partial charge in [-0.05, 0) is 33.2 Å². The minimum Gasteiger partial charge on any atom is -0.490 e. The van der Waals surface area contributed by atoms with Gasteiger partial charge in [0.2, 0.25) is 0 Å². The van der Waals surface area contributed by atoms with Gasteiger partial charge in [-0.25, -0.2) is 0 Å². The molecule has 0 saturated carbocycles. The molecule has 0 bridgehead atoms. The second-order valence-corrected chi connectivity index (χ2v) is 4.79. The number of aryl methyl sites for hydroxylation is 2. The van der Waals surface area contributed by atoms with Gasteiger partial charge in [-0.15, -0.1) is 0 Å². The Bertz CT molecular complexity index is 345. The van der Waals surface area contributed by atoms with Gasteiger partial charge in [0.1, 0.15) is 5.69 Å². The summed E-state index contributed by atoms with van der Waals surface area (Å²) in [5.41, 5.74) is 2.08. The summed E-state index contributed by atoms with van der Waals surface area (Å²) < 4.78 is 7.65. The highest BCUT2D eigenvalue weighted by Crippen LogP contribution is 2.21. The van der Waals surface area contributed by atoms with Crippen LogP contribution in [0.4, 0.5) is 0 Å². The van der Waals surface area contributed by atoms with Crippen LogP contribution in [0.2, 0.25) is 0 Å². The Hall–Kier alpha value is -1.03. The van der Waals surface area contributed by atoms with E-state index >= 15 is 0 Å². The molecular formula is C13H25N3O. The van der Waals surface area contributed by atoms with Gasteiger partial charge >= 0.3 is 0 Å². The van der Waals surface area contributed by atoms with Crippen LogP contribution < -0.4 is 10.1 Å². The summed E-state index contributed by atoms with van der Waals surface area (Å²) in [6, 6.07) is 0.568. The number of rotatable bonds is 7.